The highest BCUT2D eigenvalue weighted by molar-refractivity contribution is 5.70. The predicted molar refractivity (Wildman–Crippen MR) is 64.6 cm³/mol. The van der Waals surface area contributed by atoms with Crippen LogP contribution in [-0.4, -0.2) is 34.0 Å². The molecule has 1 aromatic rings. The number of hydrogen-bond acceptors (Lipinski definition) is 3. The van der Waals surface area contributed by atoms with Crippen molar-refractivity contribution in [3.8, 4) is 0 Å². The van der Waals surface area contributed by atoms with Gasteiger partial charge in [-0.3, -0.25) is 14.7 Å². The van der Waals surface area contributed by atoms with E-state index in [-0.39, 0.29) is 5.92 Å². The molecule has 0 atom stereocenters. The molecule has 1 N–H and O–H groups in total. The van der Waals surface area contributed by atoms with Crippen LogP contribution in [0.15, 0.2) is 18.3 Å². The lowest BCUT2D eigenvalue weighted by molar-refractivity contribution is -0.143. The number of likely N-dealkylation sites (tertiary alicyclic amines) is 1. The molecule has 2 rings (SSSR count). The van der Waals surface area contributed by atoms with E-state index in [2.05, 4.69) is 16.0 Å². The predicted octanol–water partition coefficient (Wildman–Crippen LogP) is 1.69. The fraction of sp³-hybridized carbons (Fsp3) is 0.538. The van der Waals surface area contributed by atoms with Crippen LogP contribution in [0.1, 0.15) is 24.1 Å². The van der Waals surface area contributed by atoms with Gasteiger partial charge in [-0.2, -0.15) is 0 Å². The van der Waals surface area contributed by atoms with Gasteiger partial charge in [-0.25, -0.2) is 0 Å². The molecule has 1 fully saturated rings. The van der Waals surface area contributed by atoms with Crippen LogP contribution in [0, 0.1) is 12.8 Å². The van der Waals surface area contributed by atoms with Crippen LogP contribution >= 0.6 is 0 Å². The van der Waals surface area contributed by atoms with Gasteiger partial charge in [0.15, 0.2) is 0 Å². The zero-order chi connectivity index (χ0) is 12.3. The maximum Gasteiger partial charge on any atom is 0.306 e. The van der Waals surface area contributed by atoms with Gasteiger partial charge in [-0.05, 0) is 44.5 Å². The van der Waals surface area contributed by atoms with Gasteiger partial charge in [0.05, 0.1) is 11.6 Å². The van der Waals surface area contributed by atoms with Crippen LogP contribution in [0.5, 0.6) is 0 Å². The summed E-state index contributed by atoms with van der Waals surface area (Å²) in [7, 11) is 0. The summed E-state index contributed by atoms with van der Waals surface area (Å²) in [6, 6.07) is 4.10. The zero-order valence-corrected chi connectivity index (χ0v) is 10.1. The molecular weight excluding hydrogens is 216 g/mol. The molecule has 1 aromatic heterocycles. The number of hydrogen-bond donors (Lipinski definition) is 1. The number of aliphatic carboxylic acids is 1. The summed E-state index contributed by atoms with van der Waals surface area (Å²) in [5.41, 5.74) is 2.22. The van der Waals surface area contributed by atoms with E-state index in [0.717, 1.165) is 38.2 Å². The van der Waals surface area contributed by atoms with Crippen molar-refractivity contribution < 1.29 is 9.90 Å². The highest BCUT2D eigenvalue weighted by Crippen LogP contribution is 2.18. The lowest BCUT2D eigenvalue weighted by atomic mass is 9.97. The Morgan fingerprint density at radius 3 is 2.71 bits per heavy atom. The third-order valence-electron chi connectivity index (χ3n) is 3.30. The maximum atomic E-state index is 10.8. The molecule has 0 amide bonds. The highest BCUT2D eigenvalue weighted by Gasteiger charge is 2.24. The van der Waals surface area contributed by atoms with Crippen molar-refractivity contribution in [1.29, 1.82) is 0 Å². The second kappa shape index (κ2) is 5.27. The molecule has 0 aliphatic carbocycles. The molecule has 1 aliphatic heterocycles. The minimum atomic E-state index is -0.655. The first-order chi connectivity index (χ1) is 8.15. The van der Waals surface area contributed by atoms with Crippen molar-refractivity contribution >= 4 is 5.97 Å². The first-order valence-electron chi connectivity index (χ1n) is 6.02. The molecule has 0 spiro atoms. The molecule has 0 bridgehead atoms. The Hall–Kier alpha value is -1.42. The van der Waals surface area contributed by atoms with Crippen LogP contribution in [0.3, 0.4) is 0 Å². The summed E-state index contributed by atoms with van der Waals surface area (Å²) in [6.45, 7) is 4.56. The van der Waals surface area contributed by atoms with Crippen LogP contribution in [0.2, 0.25) is 0 Å². The lowest BCUT2D eigenvalue weighted by Crippen LogP contribution is -2.36. The van der Waals surface area contributed by atoms with Gasteiger partial charge in [0.1, 0.15) is 0 Å². The molecule has 0 radical (unpaired) electrons. The quantitative estimate of drug-likeness (QED) is 0.864. The molecule has 0 aromatic carbocycles. The molecule has 1 aliphatic rings. The van der Waals surface area contributed by atoms with E-state index in [1.165, 1.54) is 5.56 Å². The third-order valence-corrected chi connectivity index (χ3v) is 3.30. The van der Waals surface area contributed by atoms with Gasteiger partial charge < -0.3 is 5.11 Å². The SMILES string of the molecule is Cc1ccc(CN2CCC(C(=O)O)CC2)nc1. The lowest BCUT2D eigenvalue weighted by Gasteiger charge is -2.29. The van der Waals surface area contributed by atoms with Crippen LogP contribution < -0.4 is 0 Å². The van der Waals surface area contributed by atoms with E-state index in [9.17, 15) is 4.79 Å². The number of nitrogens with zero attached hydrogens (tertiary/aromatic N) is 2. The van der Waals surface area contributed by atoms with Crippen molar-refractivity contribution in [3.63, 3.8) is 0 Å². The second-order valence-electron chi connectivity index (χ2n) is 4.72. The first kappa shape index (κ1) is 12.0. The van der Waals surface area contributed by atoms with Crippen molar-refractivity contribution in [1.82, 2.24) is 9.88 Å². The average molecular weight is 234 g/mol. The van der Waals surface area contributed by atoms with Crippen LogP contribution in [0.25, 0.3) is 0 Å². The van der Waals surface area contributed by atoms with Gasteiger partial charge in [0, 0.05) is 12.7 Å². The Balaban J connectivity index is 1.85. The molecule has 2 heterocycles. The number of piperidine rings is 1. The monoisotopic (exact) mass is 234 g/mol. The molecular formula is C13H18N2O2. The van der Waals surface area contributed by atoms with Gasteiger partial charge in [0.25, 0.3) is 0 Å². The number of pyridine rings is 1. The van der Waals surface area contributed by atoms with Gasteiger partial charge in [0.2, 0.25) is 0 Å². The number of carboxylic acids is 1. The Bertz CT molecular complexity index is 381. The summed E-state index contributed by atoms with van der Waals surface area (Å²) in [4.78, 5) is 17.5. The molecule has 4 nitrogen and oxygen atoms in total. The van der Waals surface area contributed by atoms with Crippen molar-refractivity contribution in [2.24, 2.45) is 5.92 Å². The van der Waals surface area contributed by atoms with Crippen molar-refractivity contribution in [2.75, 3.05) is 13.1 Å². The summed E-state index contributed by atoms with van der Waals surface area (Å²) in [6.07, 6.45) is 3.38. The summed E-state index contributed by atoms with van der Waals surface area (Å²) < 4.78 is 0. The molecule has 1 saturated heterocycles. The van der Waals surface area contributed by atoms with E-state index < -0.39 is 5.97 Å². The zero-order valence-electron chi connectivity index (χ0n) is 10.1. The standard InChI is InChI=1S/C13H18N2O2/c1-10-2-3-12(14-8-10)9-15-6-4-11(5-7-15)13(16)17/h2-3,8,11H,4-7,9H2,1H3,(H,16,17). The Morgan fingerprint density at radius 2 is 2.18 bits per heavy atom. The summed E-state index contributed by atoms with van der Waals surface area (Å²) in [5.74, 6) is -0.810. The fourth-order valence-electron chi connectivity index (χ4n) is 2.16. The summed E-state index contributed by atoms with van der Waals surface area (Å²) >= 11 is 0. The first-order valence-corrected chi connectivity index (χ1v) is 6.02. The molecule has 4 heteroatoms. The van der Waals surface area contributed by atoms with E-state index >= 15 is 0 Å². The Labute approximate surface area is 101 Å². The van der Waals surface area contributed by atoms with Gasteiger partial charge in [-0.15, -0.1) is 0 Å². The third kappa shape index (κ3) is 3.27. The van der Waals surface area contributed by atoms with Crippen molar-refractivity contribution in [3.05, 3.63) is 29.6 Å². The number of carbonyl (C=O) groups is 1. The number of rotatable bonds is 3. The molecule has 17 heavy (non-hydrogen) atoms. The minimum Gasteiger partial charge on any atom is -0.481 e. The molecule has 0 saturated carbocycles. The van der Waals surface area contributed by atoms with E-state index in [4.69, 9.17) is 5.11 Å². The smallest absolute Gasteiger partial charge is 0.306 e. The number of aryl methyl sites for hydroxylation is 1. The highest BCUT2D eigenvalue weighted by atomic mass is 16.4. The normalized spacial score (nSPS) is 18.2. The average Bonchev–Trinajstić information content (AvgIpc) is 2.33. The fourth-order valence-corrected chi connectivity index (χ4v) is 2.16. The topological polar surface area (TPSA) is 53.4 Å². The second-order valence-corrected chi connectivity index (χ2v) is 4.72. The van der Waals surface area contributed by atoms with Crippen molar-refractivity contribution in [2.45, 2.75) is 26.3 Å². The van der Waals surface area contributed by atoms with Crippen LogP contribution in [0.4, 0.5) is 0 Å². The minimum absolute atomic E-state index is 0.155. The summed E-state index contributed by atoms with van der Waals surface area (Å²) in [5, 5.41) is 8.91. The number of carboxylic acid groups (broad SMARTS) is 1. The maximum absolute atomic E-state index is 10.8. The van der Waals surface area contributed by atoms with Gasteiger partial charge in [-0.1, -0.05) is 6.07 Å². The molecule has 92 valence electrons. The Kier molecular flexibility index (Phi) is 3.74. The van der Waals surface area contributed by atoms with Crippen LogP contribution in [-0.2, 0) is 11.3 Å². The van der Waals surface area contributed by atoms with E-state index in [0.29, 0.717) is 0 Å². The van der Waals surface area contributed by atoms with E-state index in [1.807, 2.05) is 19.2 Å². The number of aromatic nitrogens is 1. The van der Waals surface area contributed by atoms with Gasteiger partial charge >= 0.3 is 5.97 Å². The largest absolute Gasteiger partial charge is 0.481 e. The molecule has 0 unspecified atom stereocenters. The Morgan fingerprint density at radius 1 is 1.47 bits per heavy atom. The van der Waals surface area contributed by atoms with E-state index in [1.54, 1.807) is 0 Å².